The van der Waals surface area contributed by atoms with Crippen LogP contribution in [0.15, 0.2) is 24.2 Å². The van der Waals surface area contributed by atoms with Gasteiger partial charge in [-0.05, 0) is 26.3 Å². The third kappa shape index (κ3) is 1.72. The first kappa shape index (κ1) is 8.97. The van der Waals surface area contributed by atoms with E-state index in [1.807, 2.05) is 17.3 Å². The Balaban J connectivity index is 2.64. The number of hydrogen-bond acceptors (Lipinski definition) is 3. The molecule has 3 heteroatoms. The molecule has 0 saturated heterocycles. The van der Waals surface area contributed by atoms with Crippen LogP contribution >= 0.6 is 0 Å². The van der Waals surface area contributed by atoms with Crippen molar-refractivity contribution in [1.29, 1.82) is 0 Å². The molecule has 3 nitrogen and oxygen atoms in total. The van der Waals surface area contributed by atoms with Crippen LogP contribution in [0.1, 0.15) is 27.2 Å². The summed E-state index contributed by atoms with van der Waals surface area (Å²) in [5.41, 5.74) is 6.18. The van der Waals surface area contributed by atoms with Gasteiger partial charge in [-0.2, -0.15) is 0 Å². The van der Waals surface area contributed by atoms with Crippen LogP contribution in [0.5, 0.6) is 0 Å². The summed E-state index contributed by atoms with van der Waals surface area (Å²) in [4.78, 5) is 5.31. The zero-order valence-electron chi connectivity index (χ0n) is 7.87. The lowest BCUT2D eigenvalue weighted by Gasteiger charge is -2.36. The van der Waals surface area contributed by atoms with E-state index in [0.29, 0.717) is 5.70 Å². The van der Waals surface area contributed by atoms with Gasteiger partial charge in [0.1, 0.15) is 6.26 Å². The minimum Gasteiger partial charge on any atom is -0.396 e. The lowest BCUT2D eigenvalue weighted by molar-refractivity contribution is -0.132. The fraction of sp³-hybridized carbons (Fsp3) is 0.556. The molecule has 68 valence electrons. The van der Waals surface area contributed by atoms with Crippen molar-refractivity contribution in [1.82, 2.24) is 5.06 Å². The molecule has 0 unspecified atom stereocenters. The zero-order chi connectivity index (χ0) is 9.19. The average molecular weight is 168 g/mol. The van der Waals surface area contributed by atoms with Gasteiger partial charge in [0.15, 0.2) is 0 Å². The van der Waals surface area contributed by atoms with Crippen LogP contribution in [0.2, 0.25) is 0 Å². The van der Waals surface area contributed by atoms with E-state index in [1.54, 1.807) is 6.26 Å². The third-order valence-corrected chi connectivity index (χ3v) is 2.17. The maximum absolute atomic E-state index is 5.50. The van der Waals surface area contributed by atoms with Crippen LogP contribution in [0.4, 0.5) is 0 Å². The first-order valence-corrected chi connectivity index (χ1v) is 4.16. The Bertz CT molecular complexity index is 219. The van der Waals surface area contributed by atoms with E-state index >= 15 is 0 Å². The summed E-state index contributed by atoms with van der Waals surface area (Å²) in [5.74, 6) is 0. The van der Waals surface area contributed by atoms with Crippen LogP contribution in [0, 0.1) is 0 Å². The highest BCUT2D eigenvalue weighted by molar-refractivity contribution is 5.14. The van der Waals surface area contributed by atoms with E-state index < -0.39 is 0 Å². The Hall–Kier alpha value is -1.12. The first-order chi connectivity index (χ1) is 5.56. The van der Waals surface area contributed by atoms with Crippen molar-refractivity contribution in [2.75, 3.05) is 0 Å². The number of rotatable bonds is 2. The van der Waals surface area contributed by atoms with E-state index in [4.69, 9.17) is 10.6 Å². The SMILES string of the molecule is CCC(C)(C)N1C=CC(N)=CO1. The summed E-state index contributed by atoms with van der Waals surface area (Å²) in [6, 6.07) is 0. The van der Waals surface area contributed by atoms with Gasteiger partial charge in [0.05, 0.1) is 11.2 Å². The lowest BCUT2D eigenvalue weighted by atomic mass is 10.0. The molecule has 12 heavy (non-hydrogen) atoms. The van der Waals surface area contributed by atoms with Crippen molar-refractivity contribution in [2.24, 2.45) is 5.73 Å². The van der Waals surface area contributed by atoms with Gasteiger partial charge in [0.25, 0.3) is 0 Å². The minimum atomic E-state index is 0.0215. The fourth-order valence-electron chi connectivity index (χ4n) is 0.846. The molecule has 1 rings (SSSR count). The number of hydroxylamine groups is 2. The second kappa shape index (κ2) is 3.09. The summed E-state index contributed by atoms with van der Waals surface area (Å²) in [6.07, 6.45) is 6.27. The molecule has 1 heterocycles. The van der Waals surface area contributed by atoms with Crippen molar-refractivity contribution in [2.45, 2.75) is 32.7 Å². The molecule has 0 saturated carbocycles. The molecule has 0 spiro atoms. The maximum atomic E-state index is 5.50. The van der Waals surface area contributed by atoms with Gasteiger partial charge < -0.3 is 10.6 Å². The van der Waals surface area contributed by atoms with E-state index in [2.05, 4.69) is 20.8 Å². The quantitative estimate of drug-likeness (QED) is 0.682. The van der Waals surface area contributed by atoms with E-state index in [0.717, 1.165) is 6.42 Å². The number of allylic oxidation sites excluding steroid dienone is 1. The molecule has 0 aliphatic carbocycles. The molecular formula is C9H16N2O. The number of nitrogens with two attached hydrogens (primary N) is 1. The Morgan fingerprint density at radius 2 is 2.25 bits per heavy atom. The molecule has 0 aromatic rings. The van der Waals surface area contributed by atoms with E-state index in [-0.39, 0.29) is 5.54 Å². The predicted octanol–water partition coefficient (Wildman–Crippen LogP) is 1.74. The van der Waals surface area contributed by atoms with Gasteiger partial charge in [0.2, 0.25) is 0 Å². The lowest BCUT2D eigenvalue weighted by Crippen LogP contribution is -2.39. The fourth-order valence-corrected chi connectivity index (χ4v) is 0.846. The second-order valence-electron chi connectivity index (χ2n) is 3.53. The molecule has 0 fully saturated rings. The van der Waals surface area contributed by atoms with Crippen LogP contribution in [0.25, 0.3) is 0 Å². The van der Waals surface area contributed by atoms with Crippen LogP contribution in [-0.2, 0) is 4.84 Å². The summed E-state index contributed by atoms with van der Waals surface area (Å²) in [6.45, 7) is 6.36. The third-order valence-electron chi connectivity index (χ3n) is 2.17. The smallest absolute Gasteiger partial charge is 0.142 e. The largest absolute Gasteiger partial charge is 0.396 e. The number of nitrogens with zero attached hydrogens (tertiary/aromatic N) is 1. The van der Waals surface area contributed by atoms with E-state index in [9.17, 15) is 0 Å². The monoisotopic (exact) mass is 168 g/mol. The Morgan fingerprint density at radius 1 is 1.58 bits per heavy atom. The Labute approximate surface area is 73.4 Å². The van der Waals surface area contributed by atoms with Gasteiger partial charge in [-0.15, -0.1) is 0 Å². The second-order valence-corrected chi connectivity index (χ2v) is 3.53. The van der Waals surface area contributed by atoms with Gasteiger partial charge >= 0.3 is 0 Å². The summed E-state index contributed by atoms with van der Waals surface area (Å²) >= 11 is 0. The molecule has 0 aromatic heterocycles. The van der Waals surface area contributed by atoms with Crippen molar-refractivity contribution in [3.05, 3.63) is 24.2 Å². The molecule has 1 aliphatic heterocycles. The molecule has 1 aliphatic rings. The highest BCUT2D eigenvalue weighted by atomic mass is 16.7. The normalized spacial score (nSPS) is 17.2. The highest BCUT2D eigenvalue weighted by Gasteiger charge is 2.24. The highest BCUT2D eigenvalue weighted by Crippen LogP contribution is 2.21. The van der Waals surface area contributed by atoms with Crippen molar-refractivity contribution in [3.8, 4) is 0 Å². The minimum absolute atomic E-state index is 0.0215. The van der Waals surface area contributed by atoms with Gasteiger partial charge in [0, 0.05) is 6.20 Å². The standard InChI is InChI=1S/C9H16N2O/c1-4-9(2,3)11-6-5-8(10)7-12-11/h5-7H,4,10H2,1-3H3. The molecule has 0 bridgehead atoms. The van der Waals surface area contributed by atoms with Crippen LogP contribution in [0.3, 0.4) is 0 Å². The van der Waals surface area contributed by atoms with Gasteiger partial charge in [-0.1, -0.05) is 6.92 Å². The van der Waals surface area contributed by atoms with Gasteiger partial charge in [-0.3, -0.25) is 0 Å². The molecule has 2 N–H and O–H groups in total. The summed E-state index contributed by atoms with van der Waals surface area (Å²) in [5, 5.41) is 1.81. The molecular weight excluding hydrogens is 152 g/mol. The number of hydrogen-bond donors (Lipinski definition) is 1. The van der Waals surface area contributed by atoms with Gasteiger partial charge in [-0.25, -0.2) is 5.06 Å². The molecule has 0 radical (unpaired) electrons. The molecule has 0 atom stereocenters. The predicted molar refractivity (Wildman–Crippen MR) is 48.7 cm³/mol. The van der Waals surface area contributed by atoms with Crippen molar-refractivity contribution < 1.29 is 4.84 Å². The summed E-state index contributed by atoms with van der Waals surface area (Å²) in [7, 11) is 0. The molecule has 0 aromatic carbocycles. The van der Waals surface area contributed by atoms with E-state index in [1.165, 1.54) is 0 Å². The zero-order valence-corrected chi connectivity index (χ0v) is 7.87. The Kier molecular flexibility index (Phi) is 2.31. The van der Waals surface area contributed by atoms with Crippen molar-refractivity contribution in [3.63, 3.8) is 0 Å². The van der Waals surface area contributed by atoms with Crippen LogP contribution in [-0.4, -0.2) is 10.6 Å². The first-order valence-electron chi connectivity index (χ1n) is 4.16. The Morgan fingerprint density at radius 3 is 2.67 bits per heavy atom. The summed E-state index contributed by atoms with van der Waals surface area (Å²) < 4.78 is 0. The molecule has 0 amide bonds. The van der Waals surface area contributed by atoms with Crippen LogP contribution < -0.4 is 5.73 Å². The van der Waals surface area contributed by atoms with Crippen molar-refractivity contribution >= 4 is 0 Å². The topological polar surface area (TPSA) is 38.5 Å². The maximum Gasteiger partial charge on any atom is 0.142 e. The average Bonchev–Trinajstić information content (AvgIpc) is 2.05.